The number of carbonyl (C=O) groups is 3. The number of nitrogens with zero attached hydrogens (tertiary/aromatic N) is 3. The average Bonchev–Trinajstić information content (AvgIpc) is 3.80. The van der Waals surface area contributed by atoms with Crippen molar-refractivity contribution in [2.24, 2.45) is 0 Å². The number of benzene rings is 3. The van der Waals surface area contributed by atoms with Gasteiger partial charge in [-0.15, -0.1) is 0 Å². The predicted octanol–water partition coefficient (Wildman–Crippen LogP) is 4.63. The molecule has 3 amide bonds. The van der Waals surface area contributed by atoms with Gasteiger partial charge in [0.25, 0.3) is 5.91 Å². The molecule has 2 aliphatic rings. The Morgan fingerprint density at radius 1 is 0.959 bits per heavy atom. The fraction of sp³-hybridized carbons (Fsp3) is 0.333. The maximum absolute atomic E-state index is 13.1. The fourth-order valence-corrected chi connectivity index (χ4v) is 7.53. The molecule has 0 aliphatic carbocycles. The van der Waals surface area contributed by atoms with Crippen LogP contribution in [0.25, 0.3) is 22.4 Å². The van der Waals surface area contributed by atoms with E-state index in [2.05, 4.69) is 36.3 Å². The van der Waals surface area contributed by atoms with Crippen molar-refractivity contribution in [2.45, 2.75) is 38.4 Å². The van der Waals surface area contributed by atoms with Crippen molar-refractivity contribution in [3.05, 3.63) is 95.9 Å². The number of amides is 3. The number of hydrogen-bond acceptors (Lipinski definition) is 8. The molecule has 13 heteroatoms. The fourth-order valence-electron chi connectivity index (χ4n) is 6.26. The third-order valence-electron chi connectivity index (χ3n) is 9.05. The lowest BCUT2D eigenvalue weighted by Gasteiger charge is -2.26. The third kappa shape index (κ3) is 8.18. The molecule has 0 unspecified atom stereocenters. The highest BCUT2D eigenvalue weighted by atomic mass is 32.2. The van der Waals surface area contributed by atoms with Gasteiger partial charge in [0.1, 0.15) is 11.9 Å². The summed E-state index contributed by atoms with van der Waals surface area (Å²) in [4.78, 5) is 49.6. The highest BCUT2D eigenvalue weighted by Gasteiger charge is 2.34. The van der Waals surface area contributed by atoms with E-state index in [9.17, 15) is 22.8 Å². The molecule has 3 heterocycles. The van der Waals surface area contributed by atoms with Gasteiger partial charge in [-0.3, -0.25) is 14.5 Å². The van der Waals surface area contributed by atoms with Crippen molar-refractivity contribution in [3.63, 3.8) is 0 Å². The summed E-state index contributed by atoms with van der Waals surface area (Å²) in [6, 6.07) is 22.1. The highest BCUT2D eigenvalue weighted by molar-refractivity contribution is 7.91. The second-order valence-corrected chi connectivity index (χ2v) is 14.8. The van der Waals surface area contributed by atoms with Crippen molar-refractivity contribution >= 4 is 33.4 Å². The molecule has 2 atom stereocenters. The predicted molar refractivity (Wildman–Crippen MR) is 186 cm³/mol. The number of carbonyl (C=O) groups excluding carboxylic acids is 3. The van der Waals surface area contributed by atoms with E-state index in [4.69, 9.17) is 0 Å². The molecule has 2 saturated heterocycles. The Bertz CT molecular complexity index is 1910. The summed E-state index contributed by atoms with van der Waals surface area (Å²) in [5.41, 5.74) is 5.96. The Morgan fingerprint density at radius 2 is 1.67 bits per heavy atom. The first-order valence-corrected chi connectivity index (χ1v) is 18.1. The second-order valence-electron chi connectivity index (χ2n) is 12.5. The molecular formula is C36H40N6O6S. The van der Waals surface area contributed by atoms with E-state index in [1.54, 1.807) is 30.2 Å². The summed E-state index contributed by atoms with van der Waals surface area (Å²) < 4.78 is 28.0. The lowest BCUT2D eigenvalue weighted by Crippen LogP contribution is -2.46. The van der Waals surface area contributed by atoms with Gasteiger partial charge >= 0.3 is 6.09 Å². The smallest absolute Gasteiger partial charge is 0.407 e. The number of ether oxygens (including phenoxy) is 1. The molecule has 0 saturated carbocycles. The van der Waals surface area contributed by atoms with Crippen LogP contribution in [0.15, 0.2) is 79.0 Å². The minimum Gasteiger partial charge on any atom is -0.453 e. The summed E-state index contributed by atoms with van der Waals surface area (Å²) in [5.74, 6) is 0.685. The first-order chi connectivity index (χ1) is 23.6. The van der Waals surface area contributed by atoms with Gasteiger partial charge in [0, 0.05) is 43.0 Å². The minimum atomic E-state index is -2.91. The summed E-state index contributed by atoms with van der Waals surface area (Å²) >= 11 is 0. The first-order valence-electron chi connectivity index (χ1n) is 16.3. The zero-order valence-electron chi connectivity index (χ0n) is 27.5. The number of anilines is 1. The number of rotatable bonds is 9. The van der Waals surface area contributed by atoms with Gasteiger partial charge in [-0.2, -0.15) is 0 Å². The normalized spacial score (nSPS) is 18.1. The van der Waals surface area contributed by atoms with E-state index in [0.29, 0.717) is 43.3 Å². The van der Waals surface area contributed by atoms with Crippen molar-refractivity contribution in [1.82, 2.24) is 25.1 Å². The number of H-pyrrole nitrogens is 1. The van der Waals surface area contributed by atoms with Crippen LogP contribution in [0.5, 0.6) is 0 Å². The van der Waals surface area contributed by atoms with Crippen LogP contribution in [-0.2, 0) is 25.9 Å². The van der Waals surface area contributed by atoms with Gasteiger partial charge in [-0.05, 0) is 66.8 Å². The molecule has 3 aromatic carbocycles. The number of sulfone groups is 1. The summed E-state index contributed by atoms with van der Waals surface area (Å²) in [6.45, 7) is 3.97. The molecule has 256 valence electrons. The average molecular weight is 685 g/mol. The molecule has 49 heavy (non-hydrogen) atoms. The van der Waals surface area contributed by atoms with Gasteiger partial charge in [-0.1, -0.05) is 42.5 Å². The van der Waals surface area contributed by atoms with E-state index in [1.807, 2.05) is 54.6 Å². The van der Waals surface area contributed by atoms with Gasteiger partial charge in [0.2, 0.25) is 5.91 Å². The van der Waals surface area contributed by atoms with E-state index < -0.39 is 22.0 Å². The number of nitrogens with one attached hydrogen (secondary N) is 3. The van der Waals surface area contributed by atoms with Gasteiger partial charge in [0.05, 0.1) is 36.5 Å². The molecule has 2 fully saturated rings. The molecule has 0 spiro atoms. The van der Waals surface area contributed by atoms with Crippen molar-refractivity contribution in [2.75, 3.05) is 43.6 Å². The van der Waals surface area contributed by atoms with Crippen molar-refractivity contribution in [1.29, 1.82) is 0 Å². The number of imidazole rings is 1. The maximum atomic E-state index is 13.1. The molecule has 0 radical (unpaired) electrons. The van der Waals surface area contributed by atoms with Crippen LogP contribution in [0.3, 0.4) is 0 Å². The van der Waals surface area contributed by atoms with Crippen LogP contribution in [0, 0.1) is 0 Å². The number of hydrogen-bond donors (Lipinski definition) is 3. The van der Waals surface area contributed by atoms with E-state index in [0.717, 1.165) is 40.8 Å². The Kier molecular flexibility index (Phi) is 10.1. The zero-order valence-corrected chi connectivity index (χ0v) is 28.3. The Morgan fingerprint density at radius 3 is 2.39 bits per heavy atom. The van der Waals surface area contributed by atoms with Crippen LogP contribution >= 0.6 is 0 Å². The van der Waals surface area contributed by atoms with Gasteiger partial charge in [0.15, 0.2) is 9.84 Å². The van der Waals surface area contributed by atoms with Crippen molar-refractivity contribution in [3.8, 4) is 22.4 Å². The molecule has 6 rings (SSSR count). The maximum Gasteiger partial charge on any atom is 0.407 e. The second kappa shape index (κ2) is 14.6. The van der Waals surface area contributed by atoms with Gasteiger partial charge in [-0.25, -0.2) is 18.2 Å². The van der Waals surface area contributed by atoms with E-state index in [1.165, 1.54) is 7.11 Å². The van der Waals surface area contributed by atoms with E-state index in [-0.39, 0.29) is 29.4 Å². The topological polar surface area (TPSA) is 154 Å². The summed E-state index contributed by atoms with van der Waals surface area (Å²) in [5, 5.41) is 5.50. The summed E-state index contributed by atoms with van der Waals surface area (Å²) in [7, 11) is -1.65. The summed E-state index contributed by atoms with van der Waals surface area (Å²) in [6.07, 6.45) is 2.73. The van der Waals surface area contributed by atoms with Crippen LogP contribution in [-0.4, -0.2) is 90.4 Å². The van der Waals surface area contributed by atoms with Crippen LogP contribution in [0.4, 0.5) is 10.5 Å². The minimum absolute atomic E-state index is 0.186. The lowest BCUT2D eigenvalue weighted by molar-refractivity contribution is -0.134. The number of aromatic amines is 1. The Hall–Kier alpha value is -5.01. The lowest BCUT2D eigenvalue weighted by atomic mass is 10.0. The highest BCUT2D eigenvalue weighted by Crippen LogP contribution is 2.33. The molecule has 0 bridgehead atoms. The standard InChI is InChI=1S/C36H40N6O6S/c1-24(38-36(45)48-2)35(44)42-16-4-7-32(42)33-37-22-31(40-33)29-6-3-5-28(21-29)26-10-12-27(13-11-26)34(43)39-30-14-8-25(9-15-30)23-41-17-19-49(46,47)20-18-41/h3,5-6,8-15,21-22,24,32H,4,7,16-20,23H2,1-2H3,(H,37,40)(H,38,45)(H,39,43)/t24-,32-/m0/s1. The van der Waals surface area contributed by atoms with Crippen LogP contribution in [0.1, 0.15) is 47.6 Å². The number of aromatic nitrogens is 2. The molecule has 1 aromatic heterocycles. The molecule has 3 N–H and O–H groups in total. The molecule has 4 aromatic rings. The number of methoxy groups -OCH3 is 1. The number of alkyl carbamates (subject to hydrolysis) is 1. The Balaban J connectivity index is 1.07. The van der Waals surface area contributed by atoms with Crippen LogP contribution in [0.2, 0.25) is 0 Å². The zero-order chi connectivity index (χ0) is 34.5. The largest absolute Gasteiger partial charge is 0.453 e. The van der Waals surface area contributed by atoms with Crippen molar-refractivity contribution < 1.29 is 27.5 Å². The SMILES string of the molecule is COC(=O)N[C@@H](C)C(=O)N1CCC[C@H]1c1ncc(-c2cccc(-c3ccc(C(=O)Nc4ccc(CN5CCS(=O)(=O)CC5)cc4)cc3)c2)[nH]1. The monoisotopic (exact) mass is 684 g/mol. The first kappa shape index (κ1) is 33.9. The van der Waals surface area contributed by atoms with E-state index >= 15 is 0 Å². The number of likely N-dealkylation sites (tertiary alicyclic amines) is 1. The molecule has 2 aliphatic heterocycles. The third-order valence-corrected chi connectivity index (χ3v) is 10.7. The quantitative estimate of drug-likeness (QED) is 0.231. The molecular weight excluding hydrogens is 644 g/mol. The van der Waals surface area contributed by atoms with Crippen LogP contribution < -0.4 is 10.6 Å². The molecule has 12 nitrogen and oxygen atoms in total. The van der Waals surface area contributed by atoms with Gasteiger partial charge < -0.3 is 25.3 Å². The Labute approximate surface area is 285 Å².